The molecule has 1 N–H and O–H groups in total. The Kier molecular flexibility index (Phi) is 5.52. The van der Waals surface area contributed by atoms with Crippen LogP contribution in [-0.2, 0) is 0 Å². The van der Waals surface area contributed by atoms with Crippen molar-refractivity contribution in [3.05, 3.63) is 118 Å². The molecule has 0 saturated carbocycles. The maximum atomic E-state index is 6.22. The molecule has 2 aromatic heterocycles. The van der Waals surface area contributed by atoms with Crippen molar-refractivity contribution in [3.8, 4) is 5.69 Å². The van der Waals surface area contributed by atoms with Gasteiger partial charge in [0.2, 0.25) is 0 Å². The van der Waals surface area contributed by atoms with Gasteiger partial charge < -0.3 is 14.6 Å². The van der Waals surface area contributed by atoms with Crippen LogP contribution in [0.15, 0.2) is 104 Å². The summed E-state index contributed by atoms with van der Waals surface area (Å²) in [5.74, 6) is 2.92. The number of para-hydroxylation sites is 3. The van der Waals surface area contributed by atoms with Gasteiger partial charge in [-0.3, -0.25) is 0 Å². The standard InChI is InChI=1S/C31H25BrN6O/c1-18-15-19(2)17-21(16-18)33-29-31-35-30-27(20(3)36-38(30)22-9-5-4-6-10-22)28(25-13-14-26(32)39-25)37(31)24-12-8-7-11-23(24)34-29/h4-17,28H,1-3H3,(H,33,34)/t28-/m1/s1. The Labute approximate surface area is 234 Å². The van der Waals surface area contributed by atoms with Crippen molar-refractivity contribution in [1.82, 2.24) is 9.78 Å². The molecule has 0 unspecified atom stereocenters. The van der Waals surface area contributed by atoms with Gasteiger partial charge in [0.25, 0.3) is 0 Å². The van der Waals surface area contributed by atoms with Crippen LogP contribution in [0.4, 0.5) is 22.9 Å². The number of aliphatic imine (C=N–C) groups is 2. The van der Waals surface area contributed by atoms with Gasteiger partial charge in [-0.25, -0.2) is 14.7 Å². The molecular formula is C31H25BrN6O. The number of aryl methyl sites for hydroxylation is 3. The van der Waals surface area contributed by atoms with Crippen molar-refractivity contribution in [1.29, 1.82) is 0 Å². The van der Waals surface area contributed by atoms with E-state index in [1.807, 2.05) is 72.3 Å². The first kappa shape index (κ1) is 23.7. The summed E-state index contributed by atoms with van der Waals surface area (Å²) in [6.07, 6.45) is 0. The Morgan fingerprint density at radius 1 is 0.846 bits per heavy atom. The van der Waals surface area contributed by atoms with Crippen LogP contribution in [0, 0.1) is 20.8 Å². The smallest absolute Gasteiger partial charge is 0.179 e. The van der Waals surface area contributed by atoms with E-state index in [4.69, 9.17) is 19.5 Å². The molecule has 0 aliphatic carbocycles. The number of furan rings is 1. The highest BCUT2D eigenvalue weighted by Gasteiger charge is 2.42. The molecule has 0 fully saturated rings. The first-order valence-corrected chi connectivity index (χ1v) is 13.6. The van der Waals surface area contributed by atoms with E-state index < -0.39 is 0 Å². The molecule has 4 heterocycles. The minimum absolute atomic E-state index is 0.302. The summed E-state index contributed by atoms with van der Waals surface area (Å²) in [6, 6.07) is 28.3. The van der Waals surface area contributed by atoms with Gasteiger partial charge in [0.05, 0.1) is 28.3 Å². The fourth-order valence-electron chi connectivity index (χ4n) is 5.47. The Balaban J connectivity index is 1.49. The Morgan fingerprint density at radius 3 is 2.33 bits per heavy atom. The van der Waals surface area contributed by atoms with E-state index >= 15 is 0 Å². The molecule has 7 rings (SSSR count). The average Bonchev–Trinajstić information content (AvgIpc) is 3.50. The topological polar surface area (TPSA) is 71.0 Å². The molecule has 8 heteroatoms. The van der Waals surface area contributed by atoms with Gasteiger partial charge in [0.15, 0.2) is 22.2 Å². The zero-order chi connectivity index (χ0) is 26.7. The quantitative estimate of drug-likeness (QED) is 0.236. The zero-order valence-corrected chi connectivity index (χ0v) is 23.3. The SMILES string of the molecule is Cc1cc(C)cc(NC2=Nc3ccccc3N3C2=Nc2c(c(C)nn2-c2ccccc2)[C@H]3c2ccc(Br)o2)c1. The predicted octanol–water partition coefficient (Wildman–Crippen LogP) is 7.95. The van der Waals surface area contributed by atoms with Crippen LogP contribution < -0.4 is 10.2 Å². The van der Waals surface area contributed by atoms with Gasteiger partial charge in [0, 0.05) is 5.69 Å². The fourth-order valence-corrected chi connectivity index (χ4v) is 5.79. The van der Waals surface area contributed by atoms with Crippen molar-refractivity contribution in [3.63, 3.8) is 0 Å². The Hall–Kier alpha value is -4.43. The molecule has 39 heavy (non-hydrogen) atoms. The summed E-state index contributed by atoms with van der Waals surface area (Å²) in [5.41, 5.74) is 7.95. The molecule has 3 aromatic carbocycles. The third kappa shape index (κ3) is 3.99. The molecule has 1 atom stereocenters. The van der Waals surface area contributed by atoms with Crippen molar-refractivity contribution in [2.75, 3.05) is 10.2 Å². The number of nitrogens with zero attached hydrogens (tertiary/aromatic N) is 5. The van der Waals surface area contributed by atoms with Crippen molar-refractivity contribution in [2.24, 2.45) is 9.98 Å². The summed E-state index contributed by atoms with van der Waals surface area (Å²) >= 11 is 3.52. The van der Waals surface area contributed by atoms with Gasteiger partial charge in [-0.15, -0.1) is 0 Å². The molecule has 0 spiro atoms. The summed E-state index contributed by atoms with van der Waals surface area (Å²) in [6.45, 7) is 6.22. The lowest BCUT2D eigenvalue weighted by molar-refractivity contribution is 0.468. The van der Waals surface area contributed by atoms with E-state index in [1.54, 1.807) is 0 Å². The number of anilines is 2. The number of hydrogen-bond donors (Lipinski definition) is 1. The van der Waals surface area contributed by atoms with Gasteiger partial charge in [0.1, 0.15) is 11.8 Å². The summed E-state index contributed by atoms with van der Waals surface area (Å²) < 4.78 is 8.80. The van der Waals surface area contributed by atoms with Crippen LogP contribution in [-0.4, -0.2) is 21.5 Å². The Morgan fingerprint density at radius 2 is 1.59 bits per heavy atom. The lowest BCUT2D eigenvalue weighted by Crippen LogP contribution is -2.46. The molecule has 0 radical (unpaired) electrons. The number of benzene rings is 3. The van der Waals surface area contributed by atoms with Crippen molar-refractivity contribution in [2.45, 2.75) is 26.8 Å². The number of rotatable bonds is 3. The van der Waals surface area contributed by atoms with Crippen molar-refractivity contribution >= 4 is 50.5 Å². The van der Waals surface area contributed by atoms with Crippen molar-refractivity contribution < 1.29 is 4.42 Å². The maximum absolute atomic E-state index is 6.22. The van der Waals surface area contributed by atoms with E-state index in [0.717, 1.165) is 45.6 Å². The predicted molar refractivity (Wildman–Crippen MR) is 159 cm³/mol. The number of fused-ring (bicyclic) bond motifs is 4. The summed E-state index contributed by atoms with van der Waals surface area (Å²) in [5, 5.41) is 8.55. The molecule has 2 aliphatic heterocycles. The van der Waals surface area contributed by atoms with Gasteiger partial charge in [-0.05, 0) is 96.4 Å². The highest BCUT2D eigenvalue weighted by atomic mass is 79.9. The summed E-state index contributed by atoms with van der Waals surface area (Å²) in [4.78, 5) is 12.5. The monoisotopic (exact) mass is 576 g/mol. The van der Waals surface area contributed by atoms with E-state index in [-0.39, 0.29) is 6.04 Å². The lowest BCUT2D eigenvalue weighted by Gasteiger charge is -2.39. The van der Waals surface area contributed by atoms with E-state index in [1.165, 1.54) is 11.1 Å². The molecule has 7 nitrogen and oxygen atoms in total. The van der Waals surface area contributed by atoms with E-state index in [2.05, 4.69) is 64.3 Å². The largest absolute Gasteiger partial charge is 0.452 e. The maximum Gasteiger partial charge on any atom is 0.179 e. The number of nitrogens with one attached hydrogen (secondary N) is 1. The first-order valence-electron chi connectivity index (χ1n) is 12.8. The number of aromatic nitrogens is 2. The third-order valence-corrected chi connectivity index (χ3v) is 7.41. The second-order valence-corrected chi connectivity index (χ2v) is 10.7. The number of amidine groups is 2. The second-order valence-electron chi connectivity index (χ2n) is 9.87. The number of halogens is 1. The van der Waals surface area contributed by atoms with Crippen LogP contribution in [0.25, 0.3) is 5.69 Å². The van der Waals surface area contributed by atoms with Gasteiger partial charge in [-0.2, -0.15) is 5.10 Å². The van der Waals surface area contributed by atoms with Crippen LogP contribution >= 0.6 is 15.9 Å². The molecule has 0 saturated heterocycles. The van der Waals surface area contributed by atoms with Crippen LogP contribution in [0.1, 0.15) is 34.2 Å². The molecule has 0 amide bonds. The Bertz CT molecular complexity index is 1780. The fraction of sp³-hybridized carbons (Fsp3) is 0.129. The van der Waals surface area contributed by atoms with Gasteiger partial charge in [-0.1, -0.05) is 36.4 Å². The highest BCUT2D eigenvalue weighted by Crippen LogP contribution is 2.48. The highest BCUT2D eigenvalue weighted by molar-refractivity contribution is 9.10. The first-order chi connectivity index (χ1) is 19.0. The lowest BCUT2D eigenvalue weighted by atomic mass is 9.97. The minimum atomic E-state index is -0.302. The molecular weight excluding hydrogens is 552 g/mol. The van der Waals surface area contributed by atoms with Gasteiger partial charge >= 0.3 is 0 Å². The molecule has 192 valence electrons. The minimum Gasteiger partial charge on any atom is -0.452 e. The van der Waals surface area contributed by atoms with E-state index in [0.29, 0.717) is 16.3 Å². The molecule has 5 aromatic rings. The number of hydrogen-bond acceptors (Lipinski definition) is 6. The molecule has 0 bridgehead atoms. The third-order valence-electron chi connectivity index (χ3n) is 6.99. The molecule has 2 aliphatic rings. The average molecular weight is 577 g/mol. The normalized spacial score (nSPS) is 15.7. The zero-order valence-electron chi connectivity index (χ0n) is 21.7. The van der Waals surface area contributed by atoms with Crippen LogP contribution in [0.5, 0.6) is 0 Å². The second kappa shape index (κ2) is 9.10. The van der Waals surface area contributed by atoms with E-state index in [9.17, 15) is 0 Å². The van der Waals surface area contributed by atoms with Crippen LogP contribution in [0.2, 0.25) is 0 Å². The summed E-state index contributed by atoms with van der Waals surface area (Å²) in [7, 11) is 0. The van der Waals surface area contributed by atoms with Crippen LogP contribution in [0.3, 0.4) is 0 Å².